The highest BCUT2D eigenvalue weighted by molar-refractivity contribution is 5.73. The molecular formula is C47H80N2O35. The highest BCUT2D eigenvalue weighted by Gasteiger charge is 2.58. The number of amides is 2. The van der Waals surface area contributed by atoms with E-state index in [0.29, 0.717) is 0 Å². The first-order valence-electron chi connectivity index (χ1n) is 26.9. The smallest absolute Gasteiger partial charge is 0.217 e. The minimum atomic E-state index is -2.32. The minimum Gasteiger partial charge on any atom is -0.394 e. The maximum absolute atomic E-state index is 12.7. The molecular weight excluding hydrogens is 1150 g/mol. The molecule has 84 heavy (non-hydrogen) atoms. The molecule has 35 atom stereocenters. The van der Waals surface area contributed by atoms with Crippen LogP contribution in [0.3, 0.4) is 0 Å². The maximum Gasteiger partial charge on any atom is 0.217 e. The molecule has 0 bridgehead atoms. The monoisotopic (exact) mass is 1230 g/mol. The number of hydrogen-bond donors (Lipinski definition) is 22. The van der Waals surface area contributed by atoms with Crippen LogP contribution in [0.1, 0.15) is 20.8 Å². The molecule has 2 amide bonds. The van der Waals surface area contributed by atoms with Gasteiger partial charge in [-0.3, -0.25) is 9.59 Å². The van der Waals surface area contributed by atoms with Crippen LogP contribution in [0.4, 0.5) is 0 Å². The third-order valence-electron chi connectivity index (χ3n) is 15.6. The van der Waals surface area contributed by atoms with Gasteiger partial charge in [0.1, 0.15) is 165 Å². The molecule has 7 saturated heterocycles. The van der Waals surface area contributed by atoms with Crippen LogP contribution in [0.5, 0.6) is 0 Å². The van der Waals surface area contributed by atoms with Gasteiger partial charge >= 0.3 is 0 Å². The van der Waals surface area contributed by atoms with Gasteiger partial charge in [0, 0.05) is 13.8 Å². The number of carbonyl (C=O) groups excluding carboxylic acids is 2. The molecule has 7 heterocycles. The Balaban J connectivity index is 1.17. The van der Waals surface area contributed by atoms with E-state index in [4.69, 9.17) is 61.6 Å². The minimum absolute atomic E-state index is 0.578. The lowest BCUT2D eigenvalue weighted by Gasteiger charge is -2.50. The fourth-order valence-electron chi connectivity index (χ4n) is 10.8. The second-order valence-electron chi connectivity index (χ2n) is 21.4. The van der Waals surface area contributed by atoms with E-state index in [1.54, 1.807) is 0 Å². The van der Waals surface area contributed by atoms with Crippen LogP contribution in [0.15, 0.2) is 0 Å². The fourth-order valence-corrected chi connectivity index (χ4v) is 10.8. The van der Waals surface area contributed by atoms with Gasteiger partial charge in [-0.05, 0) is 6.92 Å². The number of aliphatic hydroxyl groups excluding tert-OH is 20. The zero-order valence-corrected chi connectivity index (χ0v) is 45.2. The molecule has 7 aliphatic rings. The second kappa shape index (κ2) is 30.0. The summed E-state index contributed by atoms with van der Waals surface area (Å²) < 4.78 is 75.1. The molecule has 0 aromatic carbocycles. The van der Waals surface area contributed by atoms with Crippen molar-refractivity contribution in [3.63, 3.8) is 0 Å². The van der Waals surface area contributed by atoms with Crippen molar-refractivity contribution in [3.05, 3.63) is 0 Å². The molecule has 0 aliphatic carbocycles. The summed E-state index contributed by atoms with van der Waals surface area (Å²) in [6.07, 6.45) is -62.9. The summed E-state index contributed by atoms with van der Waals surface area (Å²) in [5.41, 5.74) is 0. The van der Waals surface area contributed by atoms with Crippen molar-refractivity contribution >= 4 is 11.8 Å². The van der Waals surface area contributed by atoms with Gasteiger partial charge in [-0.25, -0.2) is 0 Å². The van der Waals surface area contributed by atoms with Crippen molar-refractivity contribution in [3.8, 4) is 0 Å². The molecule has 0 aromatic heterocycles. The van der Waals surface area contributed by atoms with E-state index in [2.05, 4.69) is 10.6 Å². The number of aliphatic hydroxyl groups is 20. The summed E-state index contributed by atoms with van der Waals surface area (Å²) in [5, 5.41) is 221. The predicted octanol–water partition coefficient (Wildman–Crippen LogP) is -14.9. The van der Waals surface area contributed by atoms with Gasteiger partial charge in [0.2, 0.25) is 11.8 Å². The first kappa shape index (κ1) is 69.1. The van der Waals surface area contributed by atoms with Gasteiger partial charge in [0.15, 0.2) is 37.7 Å². The van der Waals surface area contributed by atoms with Crippen molar-refractivity contribution < 1.29 is 173 Å². The van der Waals surface area contributed by atoms with Crippen LogP contribution in [-0.2, 0) is 71.2 Å². The molecule has 37 nitrogen and oxygen atoms in total. The second-order valence-corrected chi connectivity index (χ2v) is 21.4. The summed E-state index contributed by atoms with van der Waals surface area (Å²) in [6, 6.07) is -2.86. The van der Waals surface area contributed by atoms with Crippen LogP contribution in [0.2, 0.25) is 0 Å². The lowest BCUT2D eigenvalue weighted by Crippen LogP contribution is -2.70. The SMILES string of the molecule is CC(=O)NC1C(O)[C@H](O[C@@H]2OC(CO[C@H]3OC(CO[C@H]4OC(CO)[C@@H](O)C(O)C4O)[C@@H](O)C(O[C@@H]4OC(CO)[C@H](O)C(O)C4O)C3O)[C@@H](O)C(O[C@@H]3OC(CO)[C@H](O)C(O)C3O)C2O)C(CO)O[C@H]1O[C@@H]1C(CO)O[C@@H](C)C(NC(C)=O)C1O. The topological polar surface area (TPSA) is 583 Å². The third-order valence-corrected chi connectivity index (χ3v) is 15.6. The number of hydrogen-bond acceptors (Lipinski definition) is 35. The van der Waals surface area contributed by atoms with Crippen molar-refractivity contribution in [2.24, 2.45) is 0 Å². The normalized spacial score (nSPS) is 50.3. The van der Waals surface area contributed by atoms with E-state index >= 15 is 0 Å². The molecule has 22 N–H and O–H groups in total. The fraction of sp³-hybridized carbons (Fsp3) is 0.957. The van der Waals surface area contributed by atoms with Crippen molar-refractivity contribution in [1.29, 1.82) is 0 Å². The van der Waals surface area contributed by atoms with Crippen molar-refractivity contribution in [2.75, 3.05) is 46.2 Å². The lowest BCUT2D eigenvalue weighted by atomic mass is 9.92. The quantitative estimate of drug-likeness (QED) is 0.0507. The average molecular weight is 1230 g/mol. The summed E-state index contributed by atoms with van der Waals surface area (Å²) in [4.78, 5) is 24.8. The van der Waals surface area contributed by atoms with E-state index in [1.807, 2.05) is 0 Å². The van der Waals surface area contributed by atoms with Crippen molar-refractivity contribution in [1.82, 2.24) is 10.6 Å². The molecule has 37 heteroatoms. The third kappa shape index (κ3) is 14.9. The highest BCUT2D eigenvalue weighted by Crippen LogP contribution is 2.37. The summed E-state index contributed by atoms with van der Waals surface area (Å²) in [6.45, 7) is -2.89. The number of rotatable bonds is 21. The predicted molar refractivity (Wildman–Crippen MR) is 258 cm³/mol. The van der Waals surface area contributed by atoms with E-state index in [-0.39, 0.29) is 0 Å². The van der Waals surface area contributed by atoms with Crippen LogP contribution in [-0.4, -0.2) is 375 Å². The molecule has 7 fully saturated rings. The van der Waals surface area contributed by atoms with Crippen LogP contribution in [0.25, 0.3) is 0 Å². The molecule has 488 valence electrons. The summed E-state index contributed by atoms with van der Waals surface area (Å²) >= 11 is 0. The van der Waals surface area contributed by atoms with Crippen LogP contribution >= 0.6 is 0 Å². The molecule has 0 radical (unpaired) electrons. The van der Waals surface area contributed by atoms with E-state index in [9.17, 15) is 112 Å². The number of carbonyl (C=O) groups is 2. The molecule has 7 aliphatic heterocycles. The Morgan fingerprint density at radius 2 is 0.619 bits per heavy atom. The number of ether oxygens (including phenoxy) is 13. The van der Waals surface area contributed by atoms with Crippen LogP contribution < -0.4 is 10.6 Å². The highest BCUT2D eigenvalue weighted by atomic mass is 16.8. The zero-order chi connectivity index (χ0) is 61.9. The Hall–Kier alpha value is -2.38. The van der Waals surface area contributed by atoms with Gasteiger partial charge < -0.3 is 174 Å². The van der Waals surface area contributed by atoms with Crippen LogP contribution in [0, 0.1) is 0 Å². The van der Waals surface area contributed by atoms with Gasteiger partial charge in [0.05, 0.1) is 58.4 Å². The first-order chi connectivity index (χ1) is 39.7. The van der Waals surface area contributed by atoms with E-state index in [1.165, 1.54) is 6.92 Å². The molecule has 0 saturated carbocycles. The van der Waals surface area contributed by atoms with E-state index < -0.39 is 273 Å². The largest absolute Gasteiger partial charge is 0.394 e. The van der Waals surface area contributed by atoms with Gasteiger partial charge in [0.25, 0.3) is 0 Å². The first-order valence-corrected chi connectivity index (χ1v) is 26.9. The standard InChI is InChI=1S/C47H80N2O35/c1-11-21(48-12(2)55)28(62)38(17(7-53)74-11)81-42-22(49-13(3)56)29(63)39(18(8-54)78-42)82-47-37(71)41(84-46-35(69)32(66)25(59)16(6-52)77-46)27(61)20(80-47)10-73-44-36(70)40(83-45-34(68)31(65)24(58)15(5-51)76-45)26(60)19(79-44)9-72-43-33(67)30(64)23(57)14(4-50)75-43/h11,14-47,50-54,57-71H,4-10H2,1-3H3,(H,48,55)(H,49,56)/t11-,14?,15?,16?,17?,18?,19?,20?,21?,22?,23+,24-,25-,26+,27+,28?,29?,30?,31?,32?,33?,34?,35?,36?,37?,38+,39+,40?,41?,42-,43-,44-,45-,46-,47-/m0/s1. The molecule has 0 spiro atoms. The average Bonchev–Trinajstić information content (AvgIpc) is 2.70. The molecule has 7 rings (SSSR count). The lowest BCUT2D eigenvalue weighted by molar-refractivity contribution is -0.387. The Kier molecular flexibility index (Phi) is 24.6. The molecule has 21 unspecified atom stereocenters. The van der Waals surface area contributed by atoms with Crippen molar-refractivity contribution in [2.45, 2.75) is 235 Å². The van der Waals surface area contributed by atoms with Gasteiger partial charge in [-0.1, -0.05) is 0 Å². The summed E-state index contributed by atoms with van der Waals surface area (Å²) in [7, 11) is 0. The molecule has 0 aromatic rings. The Bertz CT molecular complexity index is 2060. The Morgan fingerprint density at radius 3 is 1.05 bits per heavy atom. The Labute approximate surface area is 476 Å². The Morgan fingerprint density at radius 1 is 0.321 bits per heavy atom. The van der Waals surface area contributed by atoms with Gasteiger partial charge in [-0.2, -0.15) is 0 Å². The summed E-state index contributed by atoms with van der Waals surface area (Å²) in [5.74, 6) is -1.41. The van der Waals surface area contributed by atoms with Gasteiger partial charge in [-0.15, -0.1) is 0 Å². The maximum atomic E-state index is 12.7. The zero-order valence-electron chi connectivity index (χ0n) is 45.2. The number of nitrogens with one attached hydrogen (secondary N) is 2. The van der Waals surface area contributed by atoms with E-state index in [0.717, 1.165) is 13.8 Å².